The summed E-state index contributed by atoms with van der Waals surface area (Å²) in [7, 11) is -1.81. The van der Waals surface area contributed by atoms with Gasteiger partial charge in [-0.3, -0.25) is 24.0 Å². The van der Waals surface area contributed by atoms with E-state index in [4.69, 9.17) is 11.5 Å². The van der Waals surface area contributed by atoms with Crippen LogP contribution in [0.4, 0.5) is 0 Å². The third-order valence-corrected chi connectivity index (χ3v) is 8.52. The molecule has 13 N–H and O–H groups in total. The van der Waals surface area contributed by atoms with Crippen molar-refractivity contribution in [3.63, 3.8) is 0 Å². The number of nitrogens with two attached hydrogens (primary N) is 2. The number of unbranched alkanes of at least 4 members (excludes halogenated alkanes) is 8. The number of carbonyl (C=O) groups excluding carboxylic acids is 5. The average molecular weight is 729 g/mol. The molecule has 0 fully saturated rings. The van der Waals surface area contributed by atoms with Gasteiger partial charge in [0.15, 0.2) is 0 Å². The Bertz CT molecular complexity index is 994. The maximum atomic E-state index is 13.3. The number of hydrogen-bond acceptors (Lipinski definition) is 11. The molecule has 0 rings (SSSR count). The smallest absolute Gasteiger partial charge is 0.426 e. The number of aliphatic hydroxyl groups is 1. The van der Waals surface area contributed by atoms with Gasteiger partial charge in [0.1, 0.15) is 24.2 Å². The standard InChI is InChI=1S/C34H69BN8O8/c1-5-6-7-8-9-10-15-22-38-23-16-19-29(45)41-27(17-11-13-20-36)33(48)43-30(25(3)44)34(49)39-24(2)31(46)42-28(18-12-14-21-37)32(47)40-26(4)35(50)51/h24-28,30,38,44,50-51H,5-23,36-37H2,1-4H3,(H,39,49)(H,40,47)(H,41,45)(H,42,46)(H,43,48)/t24-,25+,26-,27-,28-,30-/m0/s1. The highest BCUT2D eigenvalue weighted by molar-refractivity contribution is 6.43. The van der Waals surface area contributed by atoms with Crippen molar-refractivity contribution in [2.24, 2.45) is 11.5 Å². The Morgan fingerprint density at radius 3 is 1.69 bits per heavy atom. The zero-order chi connectivity index (χ0) is 38.6. The van der Waals surface area contributed by atoms with Crippen molar-refractivity contribution in [2.45, 2.75) is 160 Å². The van der Waals surface area contributed by atoms with Crippen molar-refractivity contribution in [3.05, 3.63) is 0 Å². The highest BCUT2D eigenvalue weighted by atomic mass is 16.4. The van der Waals surface area contributed by atoms with Gasteiger partial charge in [0.05, 0.1) is 12.0 Å². The molecule has 17 heteroatoms. The summed E-state index contributed by atoms with van der Waals surface area (Å²) in [6.07, 6.45) is 10.8. The maximum absolute atomic E-state index is 13.3. The molecule has 5 amide bonds. The minimum Gasteiger partial charge on any atom is -0.426 e. The van der Waals surface area contributed by atoms with Crippen molar-refractivity contribution in [2.75, 3.05) is 26.2 Å². The van der Waals surface area contributed by atoms with Crippen LogP contribution in [0.25, 0.3) is 0 Å². The second-order valence-electron chi connectivity index (χ2n) is 13.4. The Balaban J connectivity index is 5.18. The second kappa shape index (κ2) is 29.7. The Labute approximate surface area is 305 Å². The maximum Gasteiger partial charge on any atom is 0.475 e. The molecule has 51 heavy (non-hydrogen) atoms. The van der Waals surface area contributed by atoms with Crippen LogP contribution in [0.2, 0.25) is 0 Å². The third kappa shape index (κ3) is 23.4. The summed E-state index contributed by atoms with van der Waals surface area (Å²) in [6.45, 7) is 8.63. The van der Waals surface area contributed by atoms with Crippen molar-refractivity contribution in [1.82, 2.24) is 31.9 Å². The quantitative estimate of drug-likeness (QED) is 0.0311. The van der Waals surface area contributed by atoms with E-state index >= 15 is 0 Å². The van der Waals surface area contributed by atoms with Crippen LogP contribution in [0.3, 0.4) is 0 Å². The molecule has 0 bridgehead atoms. The first kappa shape index (κ1) is 48.2. The fourth-order valence-electron chi connectivity index (χ4n) is 5.22. The van der Waals surface area contributed by atoms with Gasteiger partial charge in [-0.15, -0.1) is 0 Å². The normalized spacial score (nSPS) is 14.7. The van der Waals surface area contributed by atoms with Gasteiger partial charge in [0.2, 0.25) is 29.5 Å². The molecule has 0 aliphatic rings. The van der Waals surface area contributed by atoms with Crippen LogP contribution in [-0.4, -0.2) is 114 Å². The van der Waals surface area contributed by atoms with E-state index in [9.17, 15) is 39.1 Å². The Morgan fingerprint density at radius 2 is 1.14 bits per heavy atom. The van der Waals surface area contributed by atoms with E-state index < -0.39 is 67.0 Å². The van der Waals surface area contributed by atoms with Crippen molar-refractivity contribution >= 4 is 36.7 Å². The van der Waals surface area contributed by atoms with Crippen molar-refractivity contribution in [3.8, 4) is 0 Å². The van der Waals surface area contributed by atoms with Crippen LogP contribution in [0.1, 0.15) is 124 Å². The molecule has 16 nitrogen and oxygen atoms in total. The van der Waals surface area contributed by atoms with Crippen LogP contribution < -0.4 is 43.4 Å². The van der Waals surface area contributed by atoms with Crippen LogP contribution in [-0.2, 0) is 24.0 Å². The third-order valence-electron chi connectivity index (χ3n) is 8.52. The van der Waals surface area contributed by atoms with Crippen molar-refractivity contribution < 1.29 is 39.1 Å². The minimum atomic E-state index is -1.81. The molecule has 0 radical (unpaired) electrons. The topological polar surface area (TPSA) is 270 Å². The zero-order valence-electron chi connectivity index (χ0n) is 31.5. The van der Waals surface area contributed by atoms with Gasteiger partial charge < -0.3 is 58.5 Å². The molecule has 0 aliphatic heterocycles. The summed E-state index contributed by atoms with van der Waals surface area (Å²) < 4.78 is 0. The number of carbonyl (C=O) groups is 5. The number of amides is 5. The molecule has 0 saturated heterocycles. The number of nitrogens with one attached hydrogen (secondary N) is 6. The lowest BCUT2D eigenvalue weighted by Gasteiger charge is -2.27. The molecule has 6 atom stereocenters. The fraction of sp³-hybridized carbons (Fsp3) is 0.853. The highest BCUT2D eigenvalue weighted by Gasteiger charge is 2.32. The van der Waals surface area contributed by atoms with Gasteiger partial charge >= 0.3 is 7.12 Å². The van der Waals surface area contributed by atoms with Gasteiger partial charge in [-0.2, -0.15) is 0 Å². The first-order chi connectivity index (χ1) is 24.3. The lowest BCUT2D eigenvalue weighted by Crippen LogP contribution is -2.60. The highest BCUT2D eigenvalue weighted by Crippen LogP contribution is 2.08. The molecular weight excluding hydrogens is 659 g/mol. The first-order valence-electron chi connectivity index (χ1n) is 18.9. The van der Waals surface area contributed by atoms with Gasteiger partial charge in [0.25, 0.3) is 0 Å². The van der Waals surface area contributed by atoms with Gasteiger partial charge in [0, 0.05) is 6.42 Å². The van der Waals surface area contributed by atoms with E-state index in [-0.39, 0.29) is 25.2 Å². The van der Waals surface area contributed by atoms with Gasteiger partial charge in [-0.25, -0.2) is 0 Å². The summed E-state index contributed by atoms with van der Waals surface area (Å²) in [5.41, 5.74) is 11.2. The SMILES string of the molecule is CCCCCCCCCNCCCC(=O)N[C@@H](CCCCN)C(=O)N[C@H](C(=O)N[C@@H](C)C(=O)N[C@@H](CCCCN)C(=O)N[C@@H](C)B(O)O)[C@@H](C)O. The predicted octanol–water partition coefficient (Wildman–Crippen LogP) is -0.779. The molecule has 0 aromatic heterocycles. The molecule has 0 aromatic carbocycles. The van der Waals surface area contributed by atoms with Crippen molar-refractivity contribution in [1.29, 1.82) is 0 Å². The predicted molar refractivity (Wildman–Crippen MR) is 199 cm³/mol. The largest absolute Gasteiger partial charge is 0.475 e. The Kier molecular flexibility index (Phi) is 28.1. The van der Waals surface area contributed by atoms with E-state index in [1.165, 1.54) is 59.3 Å². The Morgan fingerprint density at radius 1 is 0.608 bits per heavy atom. The lowest BCUT2D eigenvalue weighted by atomic mass is 9.81. The van der Waals surface area contributed by atoms with E-state index in [0.717, 1.165) is 13.0 Å². The number of aliphatic hydroxyl groups excluding tert-OH is 1. The van der Waals surface area contributed by atoms with E-state index in [1.54, 1.807) is 0 Å². The first-order valence-corrected chi connectivity index (χ1v) is 18.9. The summed E-state index contributed by atoms with van der Waals surface area (Å²) in [5.74, 6) is -4.17. The molecule has 0 aromatic rings. The minimum absolute atomic E-state index is 0.211. The molecule has 0 unspecified atom stereocenters. The molecule has 0 heterocycles. The van der Waals surface area contributed by atoms with Crippen LogP contribution in [0, 0.1) is 0 Å². The fourth-order valence-corrected chi connectivity index (χ4v) is 5.22. The molecule has 0 spiro atoms. The number of rotatable bonds is 31. The van der Waals surface area contributed by atoms with E-state index in [1.807, 2.05) is 0 Å². The van der Waals surface area contributed by atoms with Crippen LogP contribution in [0.15, 0.2) is 0 Å². The van der Waals surface area contributed by atoms with Crippen LogP contribution >= 0.6 is 0 Å². The molecule has 0 aliphatic carbocycles. The summed E-state index contributed by atoms with van der Waals surface area (Å²) in [5, 5.41) is 45.2. The molecule has 0 saturated carbocycles. The summed E-state index contributed by atoms with van der Waals surface area (Å²) in [4.78, 5) is 65.0. The molecular formula is C34H69BN8O8. The average Bonchev–Trinajstić information content (AvgIpc) is 3.08. The summed E-state index contributed by atoms with van der Waals surface area (Å²) in [6, 6.07) is -4.64. The van der Waals surface area contributed by atoms with Gasteiger partial charge in [-0.1, -0.05) is 45.4 Å². The van der Waals surface area contributed by atoms with E-state index in [0.29, 0.717) is 51.7 Å². The van der Waals surface area contributed by atoms with Gasteiger partial charge in [-0.05, 0) is 98.3 Å². The Hall–Kier alpha value is -2.83. The monoisotopic (exact) mass is 729 g/mol. The van der Waals surface area contributed by atoms with E-state index in [2.05, 4.69) is 38.8 Å². The lowest BCUT2D eigenvalue weighted by molar-refractivity contribution is -0.136. The zero-order valence-corrected chi connectivity index (χ0v) is 31.5. The number of hydrogen-bond donors (Lipinski definition) is 11. The van der Waals surface area contributed by atoms with Crippen LogP contribution in [0.5, 0.6) is 0 Å². The molecule has 296 valence electrons. The second-order valence-corrected chi connectivity index (χ2v) is 13.4. The summed E-state index contributed by atoms with van der Waals surface area (Å²) >= 11 is 0.